The predicted octanol–water partition coefficient (Wildman–Crippen LogP) is 4.10. The molecule has 21 heavy (non-hydrogen) atoms. The van der Waals surface area contributed by atoms with E-state index in [4.69, 9.17) is 5.11 Å². The Morgan fingerprint density at radius 1 is 0.952 bits per heavy atom. The summed E-state index contributed by atoms with van der Waals surface area (Å²) < 4.78 is 7.89. The van der Waals surface area contributed by atoms with Crippen molar-refractivity contribution in [2.24, 2.45) is 0 Å². The molecule has 0 saturated carbocycles. The number of hydrogen-bond donors (Lipinski definition) is 1. The molecule has 0 rings (SSSR count). The van der Waals surface area contributed by atoms with E-state index in [0.717, 1.165) is 25.0 Å². The maximum absolute atomic E-state index is 10.6. The molecule has 0 spiro atoms. The summed E-state index contributed by atoms with van der Waals surface area (Å²) in [6.45, 7) is 6.90. The third-order valence-corrected chi connectivity index (χ3v) is 6.55. The first-order valence-electron chi connectivity index (χ1n) is 7.86. The molecule has 0 amide bonds. The van der Waals surface area contributed by atoms with Crippen LogP contribution in [-0.4, -0.2) is 44.8 Å². The SMILES string of the molecule is CCCCOC(=O)C=CC(=O)O.CCC[CH2][Sn][CH2]CCC. The van der Waals surface area contributed by atoms with Crippen LogP contribution >= 0.6 is 0 Å². The van der Waals surface area contributed by atoms with E-state index < -0.39 is 11.9 Å². The van der Waals surface area contributed by atoms with E-state index in [1.54, 1.807) is 8.87 Å². The van der Waals surface area contributed by atoms with Crippen LogP contribution in [-0.2, 0) is 14.3 Å². The summed E-state index contributed by atoms with van der Waals surface area (Å²) in [6.07, 6.45) is 9.24. The third-order valence-electron chi connectivity index (χ3n) is 2.52. The Kier molecular flexibility index (Phi) is 21.1. The number of carboxylic acids is 1. The summed E-state index contributed by atoms with van der Waals surface area (Å²) in [5, 5.41) is 8.14. The molecule has 0 aliphatic carbocycles. The summed E-state index contributed by atoms with van der Waals surface area (Å²) in [5.74, 6) is -1.76. The Balaban J connectivity index is 0. The average Bonchev–Trinajstić information content (AvgIpc) is 2.46. The second kappa shape index (κ2) is 19.5. The Hall–Kier alpha value is -0.521. The van der Waals surface area contributed by atoms with E-state index in [-0.39, 0.29) is 21.1 Å². The molecular weight excluding hydrogens is 375 g/mol. The van der Waals surface area contributed by atoms with Crippen molar-refractivity contribution in [2.45, 2.75) is 68.2 Å². The Morgan fingerprint density at radius 2 is 1.48 bits per heavy atom. The first-order chi connectivity index (χ1) is 10.1. The molecule has 0 aliphatic heterocycles. The molecule has 4 nitrogen and oxygen atoms in total. The zero-order valence-corrected chi connectivity index (χ0v) is 16.5. The van der Waals surface area contributed by atoms with Gasteiger partial charge in [0.25, 0.3) is 0 Å². The van der Waals surface area contributed by atoms with Gasteiger partial charge in [0, 0.05) is 12.2 Å². The fourth-order valence-electron chi connectivity index (χ4n) is 1.23. The molecule has 0 aromatic carbocycles. The van der Waals surface area contributed by atoms with Crippen molar-refractivity contribution in [3.8, 4) is 0 Å². The topological polar surface area (TPSA) is 63.6 Å². The number of esters is 1. The summed E-state index contributed by atoms with van der Waals surface area (Å²) in [6, 6.07) is 0. The van der Waals surface area contributed by atoms with Crippen LogP contribution < -0.4 is 0 Å². The van der Waals surface area contributed by atoms with Gasteiger partial charge in [-0.15, -0.1) is 0 Å². The summed E-state index contributed by atoms with van der Waals surface area (Å²) in [7, 11) is 0. The second-order valence-electron chi connectivity index (χ2n) is 4.65. The fraction of sp³-hybridized carbons (Fsp3) is 0.750. The van der Waals surface area contributed by atoms with Crippen molar-refractivity contribution in [1.29, 1.82) is 0 Å². The Morgan fingerprint density at radius 3 is 1.90 bits per heavy atom. The number of ether oxygens (including phenoxy) is 1. The van der Waals surface area contributed by atoms with Crippen LogP contribution in [0.1, 0.15) is 59.3 Å². The number of carboxylic acid groups (broad SMARTS) is 1. The van der Waals surface area contributed by atoms with Gasteiger partial charge in [-0.3, -0.25) is 0 Å². The minimum absolute atomic E-state index is 0.149. The summed E-state index contributed by atoms with van der Waals surface area (Å²) in [5.41, 5.74) is 0. The number of carbonyl (C=O) groups excluding carboxylic acids is 1. The first-order valence-corrected chi connectivity index (χ1v) is 11.9. The van der Waals surface area contributed by atoms with E-state index in [1.807, 2.05) is 6.92 Å². The third kappa shape index (κ3) is 24.8. The quantitative estimate of drug-likeness (QED) is 0.243. The van der Waals surface area contributed by atoms with Gasteiger partial charge in [0.2, 0.25) is 0 Å². The van der Waals surface area contributed by atoms with Gasteiger partial charge in [-0.25, -0.2) is 9.59 Å². The molecule has 2 radical (unpaired) electrons. The summed E-state index contributed by atoms with van der Waals surface area (Å²) in [4.78, 5) is 20.6. The van der Waals surface area contributed by atoms with Crippen LogP contribution in [0, 0.1) is 0 Å². The predicted molar refractivity (Wildman–Crippen MR) is 87.8 cm³/mol. The molecule has 0 aliphatic rings. The van der Waals surface area contributed by atoms with Gasteiger partial charge in [-0.1, -0.05) is 13.3 Å². The van der Waals surface area contributed by atoms with Crippen LogP contribution in [0.15, 0.2) is 12.2 Å². The normalized spacial score (nSPS) is 10.0. The van der Waals surface area contributed by atoms with Crippen LogP contribution in [0.3, 0.4) is 0 Å². The zero-order chi connectivity index (χ0) is 16.3. The fourth-order valence-corrected chi connectivity index (χ4v) is 5.39. The monoisotopic (exact) mass is 406 g/mol. The molecule has 0 fully saturated rings. The molecule has 0 saturated heterocycles. The number of rotatable bonds is 11. The van der Waals surface area contributed by atoms with Crippen molar-refractivity contribution in [3.05, 3.63) is 12.2 Å². The Labute approximate surface area is 139 Å². The molecule has 0 heterocycles. The second-order valence-corrected chi connectivity index (χ2v) is 8.93. The zero-order valence-electron chi connectivity index (χ0n) is 13.7. The van der Waals surface area contributed by atoms with Crippen molar-refractivity contribution >= 4 is 33.1 Å². The summed E-state index contributed by atoms with van der Waals surface area (Å²) >= 11 is 0.149. The van der Waals surface area contributed by atoms with Gasteiger partial charge in [-0.05, 0) is 6.42 Å². The van der Waals surface area contributed by atoms with Crippen molar-refractivity contribution in [1.82, 2.24) is 0 Å². The van der Waals surface area contributed by atoms with Crippen LogP contribution in [0.2, 0.25) is 8.87 Å². The van der Waals surface area contributed by atoms with Gasteiger partial charge in [0.15, 0.2) is 0 Å². The number of unbranched alkanes of at least 4 members (excludes halogenated alkanes) is 3. The molecule has 122 valence electrons. The van der Waals surface area contributed by atoms with Gasteiger partial charge < -0.3 is 9.84 Å². The molecule has 1 N–H and O–H groups in total. The molecule has 0 unspecified atom stereocenters. The Bertz CT molecular complexity index is 271. The van der Waals surface area contributed by atoms with Crippen molar-refractivity contribution in [3.63, 3.8) is 0 Å². The molecule has 0 aromatic heterocycles. The van der Waals surface area contributed by atoms with E-state index in [1.165, 1.54) is 25.7 Å². The first kappa shape index (κ1) is 22.8. The average molecular weight is 405 g/mol. The van der Waals surface area contributed by atoms with Crippen LogP contribution in [0.5, 0.6) is 0 Å². The molecule has 0 atom stereocenters. The van der Waals surface area contributed by atoms with Crippen molar-refractivity contribution < 1.29 is 19.4 Å². The molecule has 0 aromatic rings. The standard InChI is InChI=1S/C8H12O4.2C4H9.Sn/c1-2-3-6-12-8(11)5-4-7(9)10;2*1-3-4-2;/h4-5H,2-3,6H2,1H3,(H,9,10);2*1,3-4H2,2H3;. The van der Waals surface area contributed by atoms with Gasteiger partial charge in [0.05, 0.1) is 6.61 Å². The number of hydrogen-bond acceptors (Lipinski definition) is 3. The van der Waals surface area contributed by atoms with Crippen LogP contribution in [0.4, 0.5) is 0 Å². The van der Waals surface area contributed by atoms with E-state index in [0.29, 0.717) is 6.61 Å². The molecule has 0 bridgehead atoms. The number of carbonyl (C=O) groups is 2. The van der Waals surface area contributed by atoms with Crippen LogP contribution in [0.25, 0.3) is 0 Å². The van der Waals surface area contributed by atoms with E-state index in [9.17, 15) is 9.59 Å². The maximum atomic E-state index is 10.6. The van der Waals surface area contributed by atoms with Crippen molar-refractivity contribution in [2.75, 3.05) is 6.61 Å². The minimum atomic E-state index is -1.15. The number of aliphatic carboxylic acids is 1. The van der Waals surface area contributed by atoms with Gasteiger partial charge >= 0.3 is 81.5 Å². The molecule has 5 heteroatoms. The van der Waals surface area contributed by atoms with E-state index in [2.05, 4.69) is 18.6 Å². The molecular formula is C16H30O4Sn. The van der Waals surface area contributed by atoms with E-state index >= 15 is 0 Å². The van der Waals surface area contributed by atoms with Gasteiger partial charge in [-0.2, -0.15) is 0 Å². The van der Waals surface area contributed by atoms with Gasteiger partial charge in [0.1, 0.15) is 0 Å².